The summed E-state index contributed by atoms with van der Waals surface area (Å²) in [6.45, 7) is 0. The van der Waals surface area contributed by atoms with Crippen molar-refractivity contribution in [1.29, 1.82) is 0 Å². The maximum atomic E-state index is 6.44. The van der Waals surface area contributed by atoms with Gasteiger partial charge in [0.1, 0.15) is 0 Å². The molecular formula is C53H37N3S. The van der Waals surface area contributed by atoms with Gasteiger partial charge in [-0.3, -0.25) is 0 Å². The molecule has 11 rings (SSSR count). The van der Waals surface area contributed by atoms with Gasteiger partial charge in [0.15, 0.2) is 5.82 Å². The lowest BCUT2D eigenvalue weighted by atomic mass is 9.66. The summed E-state index contributed by atoms with van der Waals surface area (Å²) in [5, 5.41) is 0. The molecule has 57 heavy (non-hydrogen) atoms. The molecule has 4 heteroatoms. The quantitative estimate of drug-likeness (QED) is 0.178. The summed E-state index contributed by atoms with van der Waals surface area (Å²) in [5.41, 5.74) is 24.0. The zero-order valence-corrected chi connectivity index (χ0v) is 32.0. The highest BCUT2D eigenvalue weighted by molar-refractivity contribution is 7.99. The van der Waals surface area contributed by atoms with Gasteiger partial charge in [0.25, 0.3) is 0 Å². The van der Waals surface area contributed by atoms with Gasteiger partial charge < -0.3 is 5.73 Å². The SMILES string of the molecule is Nc1cccc(-c2cccc3c2Sc2c(-c4nc(-c5ccccc5)cc(-c5cccc(C6=CC=CCC6)c5)n4)cccc2C32c3ccccc3-c3ccccc32)c1. The molecule has 3 aliphatic rings. The molecule has 0 radical (unpaired) electrons. The van der Waals surface area contributed by atoms with E-state index in [1.54, 1.807) is 0 Å². The summed E-state index contributed by atoms with van der Waals surface area (Å²) in [4.78, 5) is 13.3. The number of hydrogen-bond acceptors (Lipinski definition) is 4. The Kier molecular flexibility index (Phi) is 7.94. The number of nitrogen functional groups attached to an aromatic ring is 1. The highest BCUT2D eigenvalue weighted by Crippen LogP contribution is 2.64. The number of rotatable bonds is 5. The number of nitrogens with zero attached hydrogens (tertiary/aromatic N) is 2. The molecule has 2 N–H and O–H groups in total. The molecule has 1 aromatic heterocycles. The first kappa shape index (κ1) is 33.6. The van der Waals surface area contributed by atoms with Gasteiger partial charge >= 0.3 is 0 Å². The summed E-state index contributed by atoms with van der Waals surface area (Å²) in [7, 11) is 0. The van der Waals surface area contributed by atoms with E-state index in [1.807, 2.05) is 23.9 Å². The van der Waals surface area contributed by atoms with Crippen molar-refractivity contribution in [1.82, 2.24) is 9.97 Å². The van der Waals surface area contributed by atoms with Crippen molar-refractivity contribution in [3.8, 4) is 56.2 Å². The Bertz CT molecular complexity index is 2910. The van der Waals surface area contributed by atoms with Crippen molar-refractivity contribution >= 4 is 23.0 Å². The molecule has 0 saturated carbocycles. The Labute approximate surface area is 337 Å². The first-order valence-corrected chi connectivity index (χ1v) is 20.4. The van der Waals surface area contributed by atoms with Gasteiger partial charge in [0, 0.05) is 32.2 Å². The van der Waals surface area contributed by atoms with Crippen molar-refractivity contribution in [2.75, 3.05) is 5.73 Å². The molecule has 0 unspecified atom stereocenters. The maximum Gasteiger partial charge on any atom is 0.161 e. The van der Waals surface area contributed by atoms with Crippen LogP contribution in [0.5, 0.6) is 0 Å². The molecule has 2 aliphatic carbocycles. The second-order valence-electron chi connectivity index (χ2n) is 15.0. The van der Waals surface area contributed by atoms with E-state index in [9.17, 15) is 0 Å². The minimum absolute atomic E-state index is 0.564. The van der Waals surface area contributed by atoms with Crippen LogP contribution in [0.4, 0.5) is 5.69 Å². The molecule has 7 aromatic carbocycles. The summed E-state index contributed by atoms with van der Waals surface area (Å²) in [6.07, 6.45) is 8.73. The third-order valence-corrected chi connectivity index (χ3v) is 13.1. The predicted octanol–water partition coefficient (Wildman–Crippen LogP) is 13.3. The lowest BCUT2D eigenvalue weighted by molar-refractivity contribution is 0.723. The minimum atomic E-state index is -0.564. The Hall–Kier alpha value is -6.75. The highest BCUT2D eigenvalue weighted by Gasteiger charge is 2.51. The molecule has 0 fully saturated rings. The van der Waals surface area contributed by atoms with Crippen molar-refractivity contribution < 1.29 is 0 Å². The molecule has 0 atom stereocenters. The van der Waals surface area contributed by atoms with Gasteiger partial charge in [-0.25, -0.2) is 9.97 Å². The number of fused-ring (bicyclic) bond motifs is 9. The van der Waals surface area contributed by atoms with Crippen LogP contribution in [0.15, 0.2) is 198 Å². The average molecular weight is 748 g/mol. The molecule has 1 spiro atoms. The van der Waals surface area contributed by atoms with Crippen LogP contribution in [-0.2, 0) is 5.41 Å². The predicted molar refractivity (Wildman–Crippen MR) is 236 cm³/mol. The summed E-state index contributed by atoms with van der Waals surface area (Å²) < 4.78 is 0. The average Bonchev–Trinajstić information content (AvgIpc) is 3.57. The number of benzene rings is 7. The van der Waals surface area contributed by atoms with Crippen LogP contribution in [-0.4, -0.2) is 9.97 Å². The van der Waals surface area contributed by atoms with E-state index < -0.39 is 5.41 Å². The van der Waals surface area contributed by atoms with Crippen LogP contribution in [0.3, 0.4) is 0 Å². The van der Waals surface area contributed by atoms with E-state index in [0.29, 0.717) is 5.82 Å². The largest absolute Gasteiger partial charge is 0.399 e. The summed E-state index contributed by atoms with van der Waals surface area (Å²) in [6, 6.07) is 61.2. The second kappa shape index (κ2) is 13.5. The van der Waals surface area contributed by atoms with Gasteiger partial charge in [-0.15, -0.1) is 0 Å². The van der Waals surface area contributed by atoms with Crippen molar-refractivity contribution in [3.05, 3.63) is 216 Å². The number of allylic oxidation sites excluding steroid dienone is 4. The van der Waals surface area contributed by atoms with E-state index in [-0.39, 0.29) is 0 Å². The second-order valence-corrected chi connectivity index (χ2v) is 16.0. The first-order valence-electron chi connectivity index (χ1n) is 19.6. The van der Waals surface area contributed by atoms with Crippen molar-refractivity contribution in [3.63, 3.8) is 0 Å². The smallest absolute Gasteiger partial charge is 0.161 e. The summed E-state index contributed by atoms with van der Waals surface area (Å²) >= 11 is 1.83. The lowest BCUT2D eigenvalue weighted by Crippen LogP contribution is -2.32. The van der Waals surface area contributed by atoms with Crippen LogP contribution < -0.4 is 5.73 Å². The number of hydrogen-bond donors (Lipinski definition) is 1. The zero-order valence-electron chi connectivity index (χ0n) is 31.2. The van der Waals surface area contributed by atoms with Crippen LogP contribution in [0.1, 0.15) is 40.7 Å². The van der Waals surface area contributed by atoms with E-state index >= 15 is 0 Å². The number of aromatic nitrogens is 2. The fraction of sp³-hybridized carbons (Fsp3) is 0.0566. The fourth-order valence-electron chi connectivity index (χ4n) is 9.25. The Balaban J connectivity index is 1.19. The molecule has 8 aromatic rings. The molecule has 2 heterocycles. The fourth-order valence-corrected chi connectivity index (χ4v) is 10.7. The van der Waals surface area contributed by atoms with E-state index in [4.69, 9.17) is 15.7 Å². The molecule has 270 valence electrons. The molecule has 0 bridgehead atoms. The van der Waals surface area contributed by atoms with Gasteiger partial charge in [-0.05, 0) is 92.8 Å². The first-order chi connectivity index (χ1) is 28.2. The van der Waals surface area contributed by atoms with E-state index in [1.165, 1.54) is 49.4 Å². The normalized spacial score (nSPS) is 14.4. The topological polar surface area (TPSA) is 51.8 Å². The van der Waals surface area contributed by atoms with E-state index in [0.717, 1.165) is 62.6 Å². The van der Waals surface area contributed by atoms with E-state index in [2.05, 4.69) is 176 Å². The Morgan fingerprint density at radius 2 is 1.04 bits per heavy atom. The van der Waals surface area contributed by atoms with Gasteiger partial charge in [0.2, 0.25) is 0 Å². The third kappa shape index (κ3) is 5.36. The van der Waals surface area contributed by atoms with Crippen LogP contribution in [0.25, 0.3) is 61.7 Å². The van der Waals surface area contributed by atoms with Crippen molar-refractivity contribution in [2.45, 2.75) is 28.0 Å². The molecule has 0 saturated heterocycles. The standard InChI is InChI=1S/C53H37N3S/c54-39-22-12-20-37(32-39)40-25-13-29-46-50(40)57-51-43(26-14-30-47(51)53(46)44-27-9-7-23-41(44)42-24-8-10-28-45(42)53)52-55-48(35-17-5-2-6-18-35)33-49(56-52)38-21-11-19-36(31-38)34-15-3-1-4-16-34/h1-3,5-15,17-33H,4,16,54H2. The maximum absolute atomic E-state index is 6.44. The van der Waals surface area contributed by atoms with Crippen LogP contribution >= 0.6 is 11.8 Å². The minimum Gasteiger partial charge on any atom is -0.399 e. The van der Waals surface area contributed by atoms with Crippen LogP contribution in [0, 0.1) is 0 Å². The monoisotopic (exact) mass is 747 g/mol. The Morgan fingerprint density at radius 3 is 1.75 bits per heavy atom. The van der Waals surface area contributed by atoms with Gasteiger partial charge in [-0.1, -0.05) is 176 Å². The Morgan fingerprint density at radius 1 is 0.474 bits per heavy atom. The molecular weight excluding hydrogens is 711 g/mol. The highest BCUT2D eigenvalue weighted by atomic mass is 32.2. The number of nitrogens with two attached hydrogens (primary N) is 1. The van der Waals surface area contributed by atoms with Crippen molar-refractivity contribution in [2.24, 2.45) is 0 Å². The third-order valence-electron chi connectivity index (χ3n) is 11.8. The van der Waals surface area contributed by atoms with Gasteiger partial charge in [-0.2, -0.15) is 0 Å². The van der Waals surface area contributed by atoms with Crippen LogP contribution in [0.2, 0.25) is 0 Å². The van der Waals surface area contributed by atoms with Gasteiger partial charge in [0.05, 0.1) is 16.8 Å². The molecule has 3 nitrogen and oxygen atoms in total. The molecule has 0 amide bonds. The lowest BCUT2D eigenvalue weighted by Gasteiger charge is -2.41. The molecule has 1 aliphatic heterocycles. The summed E-state index contributed by atoms with van der Waals surface area (Å²) in [5.74, 6) is 0.709. The number of anilines is 1. The zero-order chi connectivity index (χ0) is 37.9.